The summed E-state index contributed by atoms with van der Waals surface area (Å²) < 4.78 is 0. The van der Waals surface area contributed by atoms with E-state index in [0.29, 0.717) is 35.8 Å². The molecule has 1 aromatic carbocycles. The molecule has 108 valence electrons. The Bertz CT molecular complexity index is 443. The van der Waals surface area contributed by atoms with Crippen molar-refractivity contribution in [1.82, 2.24) is 0 Å². The minimum absolute atomic E-state index is 0.416. The second-order valence-electron chi connectivity index (χ2n) is 4.69. The molecule has 0 heterocycles. The monoisotopic (exact) mass is 275 g/mol. The van der Waals surface area contributed by atoms with Crippen LogP contribution in [0.1, 0.15) is 59.2 Å². The first-order valence-corrected chi connectivity index (χ1v) is 7.04. The smallest absolute Gasteiger partial charge is 0.152 e. The van der Waals surface area contributed by atoms with Gasteiger partial charge < -0.3 is 10.1 Å². The Morgan fingerprint density at radius 3 is 2.35 bits per heavy atom. The molecule has 4 nitrogen and oxygen atoms in total. The Balaban J connectivity index is 2.30. The largest absolute Gasteiger partial charge is 0.384 e. The van der Waals surface area contributed by atoms with E-state index in [1.807, 2.05) is 0 Å². The van der Waals surface area contributed by atoms with Gasteiger partial charge in [0.1, 0.15) is 6.29 Å². The Kier molecular flexibility index (Phi) is 7.96. The minimum Gasteiger partial charge on any atom is -0.384 e. The van der Waals surface area contributed by atoms with Crippen molar-refractivity contribution in [1.29, 1.82) is 0 Å². The fourth-order valence-electron chi connectivity index (χ4n) is 2.08. The Morgan fingerprint density at radius 1 is 0.900 bits per heavy atom. The van der Waals surface area contributed by atoms with Gasteiger partial charge >= 0.3 is 0 Å². The summed E-state index contributed by atoms with van der Waals surface area (Å²) in [6, 6.07) is 5.20. The lowest BCUT2D eigenvalue weighted by molar-refractivity contribution is -0.107. The molecule has 0 fully saturated rings. The second kappa shape index (κ2) is 9.89. The molecule has 0 saturated carbocycles. The normalized spacial score (nSPS) is 10.0. The number of carbonyl (C=O) groups excluding carboxylic acids is 3. The van der Waals surface area contributed by atoms with Gasteiger partial charge in [-0.05, 0) is 18.9 Å². The molecule has 1 rings (SSSR count). The van der Waals surface area contributed by atoms with Crippen LogP contribution in [0, 0.1) is 0 Å². The highest BCUT2D eigenvalue weighted by atomic mass is 16.1. The Morgan fingerprint density at radius 2 is 1.65 bits per heavy atom. The molecule has 1 aromatic rings. The molecule has 0 radical (unpaired) electrons. The average Bonchev–Trinajstić information content (AvgIpc) is 2.49. The van der Waals surface area contributed by atoms with Crippen molar-refractivity contribution in [2.45, 2.75) is 38.5 Å². The van der Waals surface area contributed by atoms with Gasteiger partial charge in [0.2, 0.25) is 0 Å². The van der Waals surface area contributed by atoms with Crippen molar-refractivity contribution in [2.24, 2.45) is 0 Å². The maximum Gasteiger partial charge on any atom is 0.152 e. The van der Waals surface area contributed by atoms with Gasteiger partial charge in [-0.15, -0.1) is 0 Å². The van der Waals surface area contributed by atoms with Gasteiger partial charge in [0.05, 0.1) is 0 Å². The van der Waals surface area contributed by atoms with Gasteiger partial charge in [-0.3, -0.25) is 9.59 Å². The van der Waals surface area contributed by atoms with Crippen molar-refractivity contribution < 1.29 is 14.4 Å². The number of hydrogen-bond donors (Lipinski definition) is 1. The van der Waals surface area contributed by atoms with Crippen LogP contribution in [-0.2, 0) is 4.79 Å². The molecule has 20 heavy (non-hydrogen) atoms. The third-order valence-electron chi connectivity index (χ3n) is 3.20. The second-order valence-corrected chi connectivity index (χ2v) is 4.69. The van der Waals surface area contributed by atoms with Gasteiger partial charge in [0.15, 0.2) is 12.6 Å². The molecule has 0 aliphatic heterocycles. The first kappa shape index (κ1) is 16.1. The number of benzene rings is 1. The number of aldehydes is 3. The molecule has 1 N–H and O–H groups in total. The lowest BCUT2D eigenvalue weighted by Gasteiger charge is -2.09. The van der Waals surface area contributed by atoms with Crippen LogP contribution in [0.4, 0.5) is 5.69 Å². The van der Waals surface area contributed by atoms with Gasteiger partial charge in [0, 0.05) is 29.8 Å². The van der Waals surface area contributed by atoms with Gasteiger partial charge in [-0.1, -0.05) is 31.4 Å². The van der Waals surface area contributed by atoms with Crippen molar-refractivity contribution in [3.63, 3.8) is 0 Å². The zero-order valence-corrected chi connectivity index (χ0v) is 11.6. The third kappa shape index (κ3) is 5.34. The molecule has 0 unspecified atom stereocenters. The zero-order chi connectivity index (χ0) is 14.6. The lowest BCUT2D eigenvalue weighted by Crippen LogP contribution is -2.05. The number of nitrogens with one attached hydrogen (secondary N) is 1. The van der Waals surface area contributed by atoms with E-state index in [1.165, 1.54) is 0 Å². The van der Waals surface area contributed by atoms with Crippen LogP contribution in [0.25, 0.3) is 0 Å². The predicted octanol–water partition coefficient (Wildman–Crippen LogP) is 3.26. The molecular formula is C16H21NO3. The van der Waals surface area contributed by atoms with Crippen LogP contribution in [0.3, 0.4) is 0 Å². The van der Waals surface area contributed by atoms with Crippen LogP contribution in [0.5, 0.6) is 0 Å². The summed E-state index contributed by atoms with van der Waals surface area (Å²) >= 11 is 0. The summed E-state index contributed by atoms with van der Waals surface area (Å²) in [5, 5.41) is 3.19. The van der Waals surface area contributed by atoms with E-state index < -0.39 is 0 Å². The van der Waals surface area contributed by atoms with Crippen LogP contribution in [0.15, 0.2) is 18.2 Å². The van der Waals surface area contributed by atoms with Crippen LogP contribution >= 0.6 is 0 Å². The van der Waals surface area contributed by atoms with E-state index in [-0.39, 0.29) is 0 Å². The summed E-state index contributed by atoms with van der Waals surface area (Å²) in [5.74, 6) is 0. The summed E-state index contributed by atoms with van der Waals surface area (Å²) in [5.41, 5.74) is 1.55. The van der Waals surface area contributed by atoms with Crippen molar-refractivity contribution in [3.8, 4) is 0 Å². The fraction of sp³-hybridized carbons (Fsp3) is 0.438. The Hall–Kier alpha value is -1.97. The van der Waals surface area contributed by atoms with E-state index in [9.17, 15) is 14.4 Å². The molecule has 4 heteroatoms. The highest BCUT2D eigenvalue weighted by Crippen LogP contribution is 2.17. The van der Waals surface area contributed by atoms with Crippen molar-refractivity contribution >= 4 is 24.5 Å². The van der Waals surface area contributed by atoms with Crippen LogP contribution < -0.4 is 5.32 Å². The summed E-state index contributed by atoms with van der Waals surface area (Å²) in [6.45, 7) is 0.775. The first-order valence-electron chi connectivity index (χ1n) is 7.04. The van der Waals surface area contributed by atoms with Gasteiger partial charge in [0.25, 0.3) is 0 Å². The van der Waals surface area contributed by atoms with E-state index in [2.05, 4.69) is 5.32 Å². The number of anilines is 1. The summed E-state index contributed by atoms with van der Waals surface area (Å²) in [7, 11) is 0. The molecule has 0 amide bonds. The summed E-state index contributed by atoms with van der Waals surface area (Å²) in [6.07, 6.45) is 8.28. The van der Waals surface area contributed by atoms with E-state index in [0.717, 1.165) is 44.9 Å². The third-order valence-corrected chi connectivity index (χ3v) is 3.20. The molecule has 0 atom stereocenters. The fourth-order valence-corrected chi connectivity index (χ4v) is 2.08. The standard InChI is InChI=1S/C16H21NO3/c18-11-6-4-2-1-3-5-10-17-16-9-7-8-14(12-19)15(16)13-20/h7-9,11-13,17H,1-6,10H2. The first-order chi connectivity index (χ1) is 9.83. The van der Waals surface area contributed by atoms with Crippen LogP contribution in [0.2, 0.25) is 0 Å². The molecule has 0 bridgehead atoms. The van der Waals surface area contributed by atoms with Crippen LogP contribution in [-0.4, -0.2) is 25.4 Å². The number of unbranched alkanes of at least 4 members (excludes halogenated alkanes) is 5. The Labute approximate surface area is 119 Å². The molecule has 0 spiro atoms. The number of hydrogen-bond acceptors (Lipinski definition) is 4. The van der Waals surface area contributed by atoms with E-state index in [1.54, 1.807) is 18.2 Å². The SMILES string of the molecule is O=CCCCCCCCNc1cccc(C=O)c1C=O. The highest BCUT2D eigenvalue weighted by molar-refractivity contribution is 5.95. The molecule has 0 aliphatic rings. The topological polar surface area (TPSA) is 63.2 Å². The molecular weight excluding hydrogens is 254 g/mol. The predicted molar refractivity (Wildman–Crippen MR) is 79.5 cm³/mol. The molecule has 0 aliphatic carbocycles. The maximum atomic E-state index is 11.0. The van der Waals surface area contributed by atoms with E-state index in [4.69, 9.17) is 0 Å². The lowest BCUT2D eigenvalue weighted by atomic mass is 10.1. The molecule has 0 aromatic heterocycles. The number of carbonyl (C=O) groups is 3. The quantitative estimate of drug-likeness (QED) is 0.497. The highest BCUT2D eigenvalue weighted by Gasteiger charge is 2.05. The maximum absolute atomic E-state index is 11.0. The van der Waals surface area contributed by atoms with Crippen molar-refractivity contribution in [3.05, 3.63) is 29.3 Å². The van der Waals surface area contributed by atoms with Crippen molar-refractivity contribution in [2.75, 3.05) is 11.9 Å². The van der Waals surface area contributed by atoms with Gasteiger partial charge in [-0.2, -0.15) is 0 Å². The van der Waals surface area contributed by atoms with E-state index >= 15 is 0 Å². The number of rotatable bonds is 11. The van der Waals surface area contributed by atoms with Gasteiger partial charge in [-0.25, -0.2) is 0 Å². The summed E-state index contributed by atoms with van der Waals surface area (Å²) in [4.78, 5) is 32.0. The average molecular weight is 275 g/mol. The molecule has 0 saturated heterocycles. The zero-order valence-electron chi connectivity index (χ0n) is 11.6. The minimum atomic E-state index is 0.416.